The van der Waals surface area contributed by atoms with Crippen molar-refractivity contribution in [3.8, 4) is 0 Å². The molecular weight excluding hydrogens is 176 g/mol. The van der Waals surface area contributed by atoms with Crippen LogP contribution in [0.4, 0.5) is 0 Å². The van der Waals surface area contributed by atoms with Crippen molar-refractivity contribution in [3.63, 3.8) is 0 Å². The zero-order valence-electron chi connectivity index (χ0n) is 8.91. The Labute approximate surface area is 86.0 Å². The van der Waals surface area contributed by atoms with Crippen LogP contribution in [-0.4, -0.2) is 24.4 Å². The van der Waals surface area contributed by atoms with Gasteiger partial charge in [-0.15, -0.1) is 0 Å². The highest BCUT2D eigenvalue weighted by atomic mass is 16.5. The lowest BCUT2D eigenvalue weighted by Crippen LogP contribution is -2.18. The molecule has 1 heterocycles. The second kappa shape index (κ2) is 4.45. The van der Waals surface area contributed by atoms with Gasteiger partial charge in [0.1, 0.15) is 0 Å². The summed E-state index contributed by atoms with van der Waals surface area (Å²) < 4.78 is 5.72. The summed E-state index contributed by atoms with van der Waals surface area (Å²) in [6.07, 6.45) is 7.11. The Hall–Kier alpha value is -0.340. The first-order valence-corrected chi connectivity index (χ1v) is 5.74. The summed E-state index contributed by atoms with van der Waals surface area (Å²) >= 11 is 0. The maximum atomic E-state index is 8.80. The van der Waals surface area contributed by atoms with Crippen LogP contribution in [0.1, 0.15) is 32.6 Å². The quantitative estimate of drug-likeness (QED) is 0.698. The molecule has 2 rings (SSSR count). The minimum atomic E-state index is 0.299. The smallest absolute Gasteiger partial charge is 0.0610 e. The normalized spacial score (nSPS) is 39.3. The average Bonchev–Trinajstić information content (AvgIpc) is 2.85. The van der Waals surface area contributed by atoms with Crippen molar-refractivity contribution in [1.29, 1.82) is 0 Å². The van der Waals surface area contributed by atoms with E-state index >= 15 is 0 Å². The van der Waals surface area contributed by atoms with Gasteiger partial charge in [-0.1, -0.05) is 11.6 Å². The number of allylic oxidation sites excluding steroid dienone is 2. The maximum Gasteiger partial charge on any atom is 0.0610 e. The summed E-state index contributed by atoms with van der Waals surface area (Å²) in [5, 5.41) is 8.80. The van der Waals surface area contributed by atoms with Crippen LogP contribution in [0.3, 0.4) is 0 Å². The van der Waals surface area contributed by atoms with E-state index in [2.05, 4.69) is 13.0 Å². The Bertz CT molecular complexity index is 222. The van der Waals surface area contributed by atoms with Crippen LogP contribution >= 0.6 is 0 Å². The lowest BCUT2D eigenvalue weighted by Gasteiger charge is -2.16. The average molecular weight is 196 g/mol. The predicted octanol–water partition coefficient (Wildman–Crippen LogP) is 2.13. The number of hydrogen-bond acceptors (Lipinski definition) is 2. The molecule has 2 fully saturated rings. The van der Waals surface area contributed by atoms with E-state index in [9.17, 15) is 0 Å². The summed E-state index contributed by atoms with van der Waals surface area (Å²) in [5.41, 5.74) is 1.62. The molecule has 0 aromatic carbocycles. The van der Waals surface area contributed by atoms with Gasteiger partial charge in [0.25, 0.3) is 0 Å². The highest BCUT2D eigenvalue weighted by Gasteiger charge is 2.43. The van der Waals surface area contributed by atoms with Gasteiger partial charge in [0.05, 0.1) is 6.10 Å². The summed E-state index contributed by atoms with van der Waals surface area (Å²) in [6.45, 7) is 3.36. The van der Waals surface area contributed by atoms with E-state index in [1.54, 1.807) is 5.57 Å². The highest BCUT2D eigenvalue weighted by Crippen LogP contribution is 2.49. The molecular formula is C12H20O2. The van der Waals surface area contributed by atoms with Crippen molar-refractivity contribution in [2.75, 3.05) is 13.2 Å². The van der Waals surface area contributed by atoms with Gasteiger partial charge in [0.15, 0.2) is 0 Å². The topological polar surface area (TPSA) is 29.5 Å². The third-order valence-corrected chi connectivity index (χ3v) is 3.57. The van der Waals surface area contributed by atoms with Crippen molar-refractivity contribution < 1.29 is 9.84 Å². The van der Waals surface area contributed by atoms with Crippen molar-refractivity contribution in [2.24, 2.45) is 11.8 Å². The summed E-state index contributed by atoms with van der Waals surface area (Å²) in [7, 11) is 0. The molecule has 2 heteroatoms. The molecule has 1 saturated carbocycles. The Kier molecular flexibility index (Phi) is 3.24. The molecule has 0 aromatic heterocycles. The first-order valence-electron chi connectivity index (χ1n) is 5.74. The van der Waals surface area contributed by atoms with Crippen LogP contribution in [0, 0.1) is 11.8 Å². The standard InChI is InChI=1S/C12H20O2/c1-2-9-8-11(9)10-5-7-14-12(10)4-3-6-13/h2,10-13H,3-8H2,1H3/b9-2+. The molecule has 2 nitrogen and oxygen atoms in total. The Morgan fingerprint density at radius 2 is 2.43 bits per heavy atom. The van der Waals surface area contributed by atoms with Gasteiger partial charge in [0.2, 0.25) is 0 Å². The van der Waals surface area contributed by atoms with E-state index in [0.29, 0.717) is 12.7 Å². The van der Waals surface area contributed by atoms with Crippen LogP contribution in [0.2, 0.25) is 0 Å². The molecule has 0 amide bonds. The molecule has 1 aliphatic carbocycles. The van der Waals surface area contributed by atoms with Gasteiger partial charge in [0, 0.05) is 13.2 Å². The van der Waals surface area contributed by atoms with Gasteiger partial charge in [-0.3, -0.25) is 0 Å². The third kappa shape index (κ3) is 2.01. The van der Waals surface area contributed by atoms with E-state index < -0.39 is 0 Å². The minimum Gasteiger partial charge on any atom is -0.396 e. The molecule has 0 radical (unpaired) electrons. The summed E-state index contributed by atoms with van der Waals surface area (Å²) in [6, 6.07) is 0. The van der Waals surface area contributed by atoms with E-state index in [1.165, 1.54) is 12.8 Å². The Balaban J connectivity index is 1.85. The second-order valence-electron chi connectivity index (χ2n) is 4.40. The monoisotopic (exact) mass is 196 g/mol. The van der Waals surface area contributed by atoms with E-state index in [0.717, 1.165) is 31.3 Å². The van der Waals surface area contributed by atoms with Crippen molar-refractivity contribution in [2.45, 2.75) is 38.7 Å². The van der Waals surface area contributed by atoms with Gasteiger partial charge in [-0.2, -0.15) is 0 Å². The zero-order chi connectivity index (χ0) is 9.97. The molecule has 0 bridgehead atoms. The van der Waals surface area contributed by atoms with Gasteiger partial charge in [-0.05, 0) is 44.4 Å². The molecule has 3 atom stereocenters. The molecule has 14 heavy (non-hydrogen) atoms. The fraction of sp³-hybridized carbons (Fsp3) is 0.833. The number of aliphatic hydroxyl groups excluding tert-OH is 1. The summed E-state index contributed by atoms with van der Waals surface area (Å²) in [5.74, 6) is 1.55. The molecule has 80 valence electrons. The fourth-order valence-corrected chi connectivity index (χ4v) is 2.67. The van der Waals surface area contributed by atoms with E-state index in [4.69, 9.17) is 9.84 Å². The predicted molar refractivity (Wildman–Crippen MR) is 56.0 cm³/mol. The van der Waals surface area contributed by atoms with Crippen LogP contribution in [-0.2, 0) is 4.74 Å². The van der Waals surface area contributed by atoms with Gasteiger partial charge >= 0.3 is 0 Å². The van der Waals surface area contributed by atoms with E-state index in [-0.39, 0.29) is 0 Å². The molecule has 3 unspecified atom stereocenters. The van der Waals surface area contributed by atoms with Crippen LogP contribution in [0.25, 0.3) is 0 Å². The van der Waals surface area contributed by atoms with E-state index in [1.807, 2.05) is 0 Å². The maximum absolute atomic E-state index is 8.80. The van der Waals surface area contributed by atoms with Gasteiger partial charge < -0.3 is 9.84 Å². The van der Waals surface area contributed by atoms with Crippen molar-refractivity contribution >= 4 is 0 Å². The molecule has 2 aliphatic rings. The van der Waals surface area contributed by atoms with Crippen molar-refractivity contribution in [3.05, 3.63) is 11.6 Å². The second-order valence-corrected chi connectivity index (χ2v) is 4.40. The number of ether oxygens (including phenoxy) is 1. The first-order chi connectivity index (χ1) is 6.86. The van der Waals surface area contributed by atoms with Gasteiger partial charge in [-0.25, -0.2) is 0 Å². The Morgan fingerprint density at radius 1 is 1.57 bits per heavy atom. The SMILES string of the molecule is C/C=C1\CC1C1CCOC1CCCO. The fourth-order valence-electron chi connectivity index (χ4n) is 2.67. The van der Waals surface area contributed by atoms with Crippen molar-refractivity contribution in [1.82, 2.24) is 0 Å². The molecule has 1 N–H and O–H groups in total. The molecule has 1 saturated heterocycles. The lowest BCUT2D eigenvalue weighted by molar-refractivity contribution is 0.0730. The number of rotatable bonds is 4. The number of hydrogen-bond donors (Lipinski definition) is 1. The lowest BCUT2D eigenvalue weighted by atomic mass is 9.92. The first kappa shape index (κ1) is 10.2. The summed E-state index contributed by atoms with van der Waals surface area (Å²) in [4.78, 5) is 0. The zero-order valence-corrected chi connectivity index (χ0v) is 8.91. The van der Waals surface area contributed by atoms with Crippen LogP contribution in [0.5, 0.6) is 0 Å². The molecule has 0 aromatic rings. The number of aliphatic hydroxyl groups is 1. The minimum absolute atomic E-state index is 0.299. The van der Waals surface area contributed by atoms with Crippen LogP contribution in [0.15, 0.2) is 11.6 Å². The molecule has 1 aliphatic heterocycles. The Morgan fingerprint density at radius 3 is 3.07 bits per heavy atom. The van der Waals surface area contributed by atoms with Crippen LogP contribution < -0.4 is 0 Å². The largest absolute Gasteiger partial charge is 0.396 e. The third-order valence-electron chi connectivity index (χ3n) is 3.57. The molecule has 0 spiro atoms. The highest BCUT2D eigenvalue weighted by molar-refractivity contribution is 5.24.